The molecule has 30 heavy (non-hydrogen) atoms. The molecule has 0 radical (unpaired) electrons. The summed E-state index contributed by atoms with van der Waals surface area (Å²) in [6.07, 6.45) is 3.59. The second kappa shape index (κ2) is 9.09. The molecule has 2 aromatic heterocycles. The summed E-state index contributed by atoms with van der Waals surface area (Å²) in [5.41, 5.74) is 0.284. The van der Waals surface area contributed by atoms with Crippen LogP contribution in [-0.2, 0) is 16.1 Å². The van der Waals surface area contributed by atoms with Gasteiger partial charge in [0.2, 0.25) is 11.7 Å². The Morgan fingerprint density at radius 3 is 2.97 bits per heavy atom. The van der Waals surface area contributed by atoms with Crippen LogP contribution in [0.1, 0.15) is 12.8 Å². The molecule has 0 bridgehead atoms. The zero-order valence-electron chi connectivity index (χ0n) is 15.9. The van der Waals surface area contributed by atoms with Gasteiger partial charge in [0.05, 0.1) is 29.6 Å². The van der Waals surface area contributed by atoms with E-state index < -0.39 is 4.92 Å². The minimum absolute atomic E-state index is 0.0627. The van der Waals surface area contributed by atoms with Crippen molar-refractivity contribution >= 4 is 29.0 Å². The lowest BCUT2D eigenvalue weighted by molar-refractivity contribution is -0.384. The Morgan fingerprint density at radius 1 is 1.33 bits per heavy atom. The maximum Gasteiger partial charge on any atom is 0.271 e. The third-order valence-corrected chi connectivity index (χ3v) is 5.51. The van der Waals surface area contributed by atoms with Crippen molar-refractivity contribution in [1.29, 1.82) is 0 Å². The number of hydrogen-bond acceptors (Lipinski definition) is 8. The van der Waals surface area contributed by atoms with Gasteiger partial charge in [-0.05, 0) is 31.0 Å². The highest BCUT2D eigenvalue weighted by Gasteiger charge is 2.23. The number of nitrogens with one attached hydrogen (secondary N) is 1. The van der Waals surface area contributed by atoms with Crippen molar-refractivity contribution in [2.24, 2.45) is 0 Å². The van der Waals surface area contributed by atoms with Crippen molar-refractivity contribution in [3.63, 3.8) is 0 Å². The Labute approximate surface area is 175 Å². The summed E-state index contributed by atoms with van der Waals surface area (Å²) in [4.78, 5) is 22.7. The lowest BCUT2D eigenvalue weighted by Crippen LogP contribution is -2.18. The number of nitro benzene ring substituents is 1. The maximum atomic E-state index is 12.4. The fraction of sp³-hybridized carbons (Fsp3) is 0.316. The number of non-ortho nitro benzene ring substituents is 1. The van der Waals surface area contributed by atoms with Crippen LogP contribution < -0.4 is 5.32 Å². The molecule has 1 aliphatic rings. The normalized spacial score (nSPS) is 15.9. The van der Waals surface area contributed by atoms with Gasteiger partial charge in [0.15, 0.2) is 10.9 Å². The third kappa shape index (κ3) is 4.69. The summed E-state index contributed by atoms with van der Waals surface area (Å²) in [6, 6.07) is 9.39. The number of rotatable bonds is 8. The van der Waals surface area contributed by atoms with Crippen LogP contribution in [0.5, 0.6) is 0 Å². The first-order valence-corrected chi connectivity index (χ1v) is 10.3. The average Bonchev–Trinajstić information content (AvgIpc) is 3.49. The average molecular weight is 429 g/mol. The van der Waals surface area contributed by atoms with Crippen LogP contribution in [0.25, 0.3) is 11.6 Å². The van der Waals surface area contributed by atoms with Gasteiger partial charge in [-0.3, -0.25) is 19.5 Å². The summed E-state index contributed by atoms with van der Waals surface area (Å²) in [7, 11) is 0. The molecule has 1 saturated heterocycles. The van der Waals surface area contributed by atoms with Gasteiger partial charge >= 0.3 is 0 Å². The smallest absolute Gasteiger partial charge is 0.271 e. The molecule has 1 fully saturated rings. The zero-order valence-corrected chi connectivity index (χ0v) is 16.7. The van der Waals surface area contributed by atoms with Crippen LogP contribution in [0.15, 0.2) is 52.2 Å². The van der Waals surface area contributed by atoms with Crippen LogP contribution in [0.4, 0.5) is 11.4 Å². The SMILES string of the molecule is O=C(CSc1nnc(-c2ccco2)n1CC1CCCO1)Nc1cccc([N+](=O)[O-])c1. The summed E-state index contributed by atoms with van der Waals surface area (Å²) in [5.74, 6) is 0.946. The Kier molecular flexibility index (Phi) is 6.10. The van der Waals surface area contributed by atoms with Crippen molar-refractivity contribution in [2.75, 3.05) is 17.7 Å². The number of aromatic nitrogens is 3. The first kappa shape index (κ1) is 20.1. The van der Waals surface area contributed by atoms with E-state index in [1.807, 2.05) is 4.57 Å². The molecule has 1 unspecified atom stereocenters. The van der Waals surface area contributed by atoms with Crippen molar-refractivity contribution in [3.05, 3.63) is 52.8 Å². The van der Waals surface area contributed by atoms with Crippen molar-refractivity contribution < 1.29 is 18.9 Å². The van der Waals surface area contributed by atoms with Crippen molar-refractivity contribution in [3.8, 4) is 11.6 Å². The van der Waals surface area contributed by atoms with Crippen LogP contribution in [0.2, 0.25) is 0 Å². The highest BCUT2D eigenvalue weighted by atomic mass is 32.2. The zero-order chi connectivity index (χ0) is 20.9. The topological polar surface area (TPSA) is 125 Å². The maximum absolute atomic E-state index is 12.4. The molecule has 0 aliphatic carbocycles. The minimum Gasteiger partial charge on any atom is -0.461 e. The van der Waals surface area contributed by atoms with Gasteiger partial charge in [-0.1, -0.05) is 17.8 Å². The number of amides is 1. The molecule has 11 heteroatoms. The Hall–Kier alpha value is -3.18. The summed E-state index contributed by atoms with van der Waals surface area (Å²) in [5, 5.41) is 22.6. The van der Waals surface area contributed by atoms with Crippen molar-refractivity contribution in [1.82, 2.24) is 14.8 Å². The van der Waals surface area contributed by atoms with Crippen LogP contribution in [0.3, 0.4) is 0 Å². The van der Waals surface area contributed by atoms with E-state index >= 15 is 0 Å². The fourth-order valence-electron chi connectivity index (χ4n) is 3.16. The number of carbonyl (C=O) groups is 1. The first-order chi connectivity index (χ1) is 14.6. The summed E-state index contributed by atoms with van der Waals surface area (Å²) < 4.78 is 13.1. The molecule has 3 aromatic rings. The van der Waals surface area contributed by atoms with Crippen LogP contribution in [-0.4, -0.2) is 44.1 Å². The molecule has 1 N–H and O–H groups in total. The van der Waals surface area contributed by atoms with E-state index in [0.29, 0.717) is 29.0 Å². The van der Waals surface area contributed by atoms with E-state index in [0.717, 1.165) is 19.4 Å². The number of thioether (sulfide) groups is 1. The monoisotopic (exact) mass is 429 g/mol. The minimum atomic E-state index is -0.506. The van der Waals surface area contributed by atoms with E-state index in [1.165, 1.54) is 30.0 Å². The Bertz CT molecular complexity index is 1030. The number of nitro groups is 1. The van der Waals surface area contributed by atoms with Gasteiger partial charge in [-0.15, -0.1) is 10.2 Å². The predicted octanol–water partition coefficient (Wildman–Crippen LogP) is 3.36. The van der Waals surface area contributed by atoms with E-state index in [2.05, 4.69) is 15.5 Å². The Balaban J connectivity index is 1.45. The van der Waals surface area contributed by atoms with Gasteiger partial charge in [0.1, 0.15) is 0 Å². The van der Waals surface area contributed by atoms with Gasteiger partial charge in [0.25, 0.3) is 5.69 Å². The fourth-order valence-corrected chi connectivity index (χ4v) is 3.91. The lowest BCUT2D eigenvalue weighted by atomic mass is 10.2. The van der Waals surface area contributed by atoms with Gasteiger partial charge in [-0.2, -0.15) is 0 Å². The van der Waals surface area contributed by atoms with Crippen LogP contribution in [0, 0.1) is 10.1 Å². The van der Waals surface area contributed by atoms with Crippen molar-refractivity contribution in [2.45, 2.75) is 30.6 Å². The predicted molar refractivity (Wildman–Crippen MR) is 109 cm³/mol. The summed E-state index contributed by atoms with van der Waals surface area (Å²) >= 11 is 1.23. The highest BCUT2D eigenvalue weighted by Crippen LogP contribution is 2.27. The number of ether oxygens (including phenoxy) is 1. The number of carbonyl (C=O) groups excluding carboxylic acids is 1. The molecule has 4 rings (SSSR count). The number of furan rings is 1. The van der Waals surface area contributed by atoms with E-state index in [1.54, 1.807) is 24.5 Å². The van der Waals surface area contributed by atoms with E-state index in [4.69, 9.17) is 9.15 Å². The quantitative estimate of drug-likeness (QED) is 0.328. The molecule has 0 spiro atoms. The standard InChI is InChI=1S/C19H19N5O5S/c25-17(20-13-4-1-5-14(10-13)24(26)27)12-30-19-22-21-18(16-7-3-9-29-16)23(19)11-15-6-2-8-28-15/h1,3-5,7,9-10,15H,2,6,8,11-12H2,(H,20,25). The van der Waals surface area contributed by atoms with E-state index in [9.17, 15) is 14.9 Å². The first-order valence-electron chi connectivity index (χ1n) is 9.36. The molecule has 1 atom stereocenters. The number of benzene rings is 1. The molecule has 10 nitrogen and oxygen atoms in total. The lowest BCUT2D eigenvalue weighted by Gasteiger charge is -2.13. The second-order valence-electron chi connectivity index (χ2n) is 6.67. The summed E-state index contributed by atoms with van der Waals surface area (Å²) in [6.45, 7) is 1.30. The number of nitrogens with zero attached hydrogens (tertiary/aromatic N) is 4. The van der Waals surface area contributed by atoms with Crippen LogP contribution >= 0.6 is 11.8 Å². The molecular formula is C19H19N5O5S. The number of anilines is 1. The third-order valence-electron chi connectivity index (χ3n) is 4.54. The van der Waals surface area contributed by atoms with Gasteiger partial charge < -0.3 is 14.5 Å². The van der Waals surface area contributed by atoms with Gasteiger partial charge in [-0.25, -0.2) is 0 Å². The van der Waals surface area contributed by atoms with Gasteiger partial charge in [0, 0.05) is 24.4 Å². The largest absolute Gasteiger partial charge is 0.461 e. The molecule has 1 aromatic carbocycles. The second-order valence-corrected chi connectivity index (χ2v) is 7.62. The molecule has 0 saturated carbocycles. The Morgan fingerprint density at radius 2 is 2.23 bits per heavy atom. The van der Waals surface area contributed by atoms with E-state index in [-0.39, 0.29) is 23.5 Å². The highest BCUT2D eigenvalue weighted by molar-refractivity contribution is 7.99. The number of hydrogen-bond donors (Lipinski definition) is 1. The molecule has 3 heterocycles. The molecule has 1 amide bonds. The molecule has 1 aliphatic heterocycles. The molecule has 156 valence electrons. The molecular weight excluding hydrogens is 410 g/mol.